The van der Waals surface area contributed by atoms with Gasteiger partial charge in [0.25, 0.3) is 0 Å². The molecule has 0 unspecified atom stereocenters. The normalized spacial score (nSPS) is 12.0. The van der Waals surface area contributed by atoms with Gasteiger partial charge in [-0.25, -0.2) is 0 Å². The Balaban J connectivity index is 1.07. The van der Waals surface area contributed by atoms with Gasteiger partial charge in [-0.15, -0.1) is 0 Å². The second kappa shape index (κ2) is 12.6. The van der Waals surface area contributed by atoms with E-state index in [9.17, 15) is 4.57 Å². The van der Waals surface area contributed by atoms with Crippen LogP contribution in [-0.4, -0.2) is 22.5 Å². The van der Waals surface area contributed by atoms with Gasteiger partial charge >= 0.3 is 0 Å². The second-order valence-electron chi connectivity index (χ2n) is 14.5. The molecule has 0 saturated carbocycles. The van der Waals surface area contributed by atoms with Crippen molar-refractivity contribution >= 4 is 56.1 Å². The Hall–Kier alpha value is -6.41. The lowest BCUT2D eigenvalue weighted by atomic mass is 9.98. The Morgan fingerprint density at radius 2 is 0.778 bits per heavy atom. The van der Waals surface area contributed by atoms with E-state index in [0.717, 1.165) is 27.7 Å². The van der Waals surface area contributed by atoms with Crippen molar-refractivity contribution in [1.82, 2.24) is 9.13 Å². The second-order valence-corrected chi connectivity index (χ2v) is 17.7. The number of aromatic nitrogens is 2. The van der Waals surface area contributed by atoms with Crippen LogP contribution in [0.25, 0.3) is 88.4 Å². The van der Waals surface area contributed by atoms with Crippen molar-refractivity contribution in [3.05, 3.63) is 188 Å². The van der Waals surface area contributed by atoms with E-state index in [1.807, 2.05) is 25.5 Å². The Bertz CT molecular complexity index is 3040. The maximum atomic E-state index is 12.8. The summed E-state index contributed by atoms with van der Waals surface area (Å²) in [7, 11) is -2.36. The SMILES string of the molecule is CP(C)(=O)c1ccc(-n2c3ccccc3c3c2ccc2c4ccccc4n(-c4ccc(-c5ccc(-c6ccc(-c7ccccc7)cc6)cc5)cc4)c23)cc1. The molecule has 0 spiro atoms. The first-order chi connectivity index (χ1) is 26.4. The predicted molar refractivity (Wildman–Crippen MR) is 231 cm³/mol. The Morgan fingerprint density at radius 3 is 1.33 bits per heavy atom. The van der Waals surface area contributed by atoms with Crippen molar-refractivity contribution in [2.24, 2.45) is 0 Å². The number of fused-ring (bicyclic) bond motifs is 7. The van der Waals surface area contributed by atoms with Gasteiger partial charge in [0.05, 0.1) is 22.1 Å². The zero-order chi connectivity index (χ0) is 36.4. The van der Waals surface area contributed by atoms with Crippen LogP contribution in [0.1, 0.15) is 0 Å². The molecule has 10 rings (SSSR count). The first kappa shape index (κ1) is 32.3. The van der Waals surface area contributed by atoms with E-state index in [4.69, 9.17) is 0 Å². The maximum absolute atomic E-state index is 12.8. The fraction of sp³-hybridized carbons (Fsp3) is 0.0400. The molecule has 10 aromatic rings. The summed E-state index contributed by atoms with van der Waals surface area (Å²) >= 11 is 0. The number of hydrogen-bond acceptors (Lipinski definition) is 1. The summed E-state index contributed by atoms with van der Waals surface area (Å²) in [6.45, 7) is 3.65. The average molecular weight is 713 g/mol. The fourth-order valence-corrected chi connectivity index (χ4v) is 9.03. The van der Waals surface area contributed by atoms with Gasteiger partial charge in [-0.1, -0.05) is 133 Å². The first-order valence-corrected chi connectivity index (χ1v) is 21.0. The number of nitrogens with zero attached hydrogens (tertiary/aromatic N) is 2. The summed E-state index contributed by atoms with van der Waals surface area (Å²) in [6.07, 6.45) is 0. The largest absolute Gasteiger partial charge is 0.319 e. The molecule has 0 bridgehead atoms. The predicted octanol–water partition coefficient (Wildman–Crippen LogP) is 13.1. The lowest BCUT2D eigenvalue weighted by Gasteiger charge is -2.12. The minimum atomic E-state index is -2.36. The Labute approximate surface area is 314 Å². The van der Waals surface area contributed by atoms with E-state index in [1.165, 1.54) is 66.0 Å². The quantitative estimate of drug-likeness (QED) is 0.158. The molecule has 0 N–H and O–H groups in total. The van der Waals surface area contributed by atoms with E-state index in [0.29, 0.717) is 0 Å². The highest BCUT2D eigenvalue weighted by Gasteiger charge is 2.21. The summed E-state index contributed by atoms with van der Waals surface area (Å²) in [5.74, 6) is 0. The molecule has 54 heavy (non-hydrogen) atoms. The van der Waals surface area contributed by atoms with Gasteiger partial charge in [0, 0.05) is 38.2 Å². The lowest BCUT2D eigenvalue weighted by molar-refractivity contribution is 0.588. The summed E-state index contributed by atoms with van der Waals surface area (Å²) in [5, 5.41) is 5.77. The molecular weight excluding hydrogens is 676 g/mol. The first-order valence-electron chi connectivity index (χ1n) is 18.4. The molecule has 2 aromatic heterocycles. The average Bonchev–Trinajstić information content (AvgIpc) is 3.74. The van der Waals surface area contributed by atoms with Crippen LogP contribution in [0.15, 0.2) is 188 Å². The van der Waals surface area contributed by atoms with Crippen LogP contribution >= 0.6 is 7.14 Å². The smallest absolute Gasteiger partial charge is 0.109 e. The molecule has 0 atom stereocenters. The third-order valence-electron chi connectivity index (χ3n) is 10.9. The molecule has 2 heterocycles. The third-order valence-corrected chi connectivity index (χ3v) is 12.4. The van der Waals surface area contributed by atoms with Crippen LogP contribution in [0.3, 0.4) is 0 Å². The Morgan fingerprint density at radius 1 is 0.352 bits per heavy atom. The Kier molecular flexibility index (Phi) is 7.54. The number of hydrogen-bond donors (Lipinski definition) is 0. The minimum absolute atomic E-state index is 0.891. The van der Waals surface area contributed by atoms with Crippen molar-refractivity contribution in [3.8, 4) is 44.8 Å². The number of benzene rings is 8. The summed E-state index contributed by atoms with van der Waals surface area (Å²) in [4.78, 5) is 0. The monoisotopic (exact) mass is 712 g/mol. The van der Waals surface area contributed by atoms with E-state index >= 15 is 0 Å². The molecule has 0 amide bonds. The van der Waals surface area contributed by atoms with Gasteiger partial charge in [0.1, 0.15) is 7.14 Å². The lowest BCUT2D eigenvalue weighted by Crippen LogP contribution is -2.03. The van der Waals surface area contributed by atoms with Gasteiger partial charge in [0.15, 0.2) is 0 Å². The summed E-state index contributed by atoms with van der Waals surface area (Å²) in [5.41, 5.74) is 14.1. The van der Waals surface area contributed by atoms with E-state index in [-0.39, 0.29) is 0 Å². The molecule has 0 radical (unpaired) electrons. The van der Waals surface area contributed by atoms with Crippen LogP contribution in [0.5, 0.6) is 0 Å². The van der Waals surface area contributed by atoms with Gasteiger partial charge in [0.2, 0.25) is 0 Å². The molecule has 258 valence electrons. The summed E-state index contributed by atoms with van der Waals surface area (Å²) in [6, 6.07) is 67.4. The van der Waals surface area contributed by atoms with Gasteiger partial charge in [-0.05, 0) is 101 Å². The standard InChI is InChI=1S/C50H37N2OP/c1-54(2,53)42-30-28-40(29-31-42)51-47-15-9-7-13-45(47)49-48(51)33-32-44-43-12-6-8-14-46(43)52(50(44)49)41-26-24-39(25-27-41)38-22-20-37(21-23-38)36-18-16-35(17-19-36)34-10-4-3-5-11-34/h3-33H,1-2H3. The van der Waals surface area contributed by atoms with Crippen LogP contribution < -0.4 is 5.30 Å². The van der Waals surface area contributed by atoms with Crippen molar-refractivity contribution < 1.29 is 4.57 Å². The maximum Gasteiger partial charge on any atom is 0.109 e. The van der Waals surface area contributed by atoms with Crippen molar-refractivity contribution in [2.45, 2.75) is 0 Å². The van der Waals surface area contributed by atoms with Crippen LogP contribution in [0.4, 0.5) is 0 Å². The zero-order valence-corrected chi connectivity index (χ0v) is 31.0. The van der Waals surface area contributed by atoms with Gasteiger partial charge < -0.3 is 13.7 Å². The van der Waals surface area contributed by atoms with Crippen molar-refractivity contribution in [3.63, 3.8) is 0 Å². The van der Waals surface area contributed by atoms with Crippen LogP contribution in [-0.2, 0) is 4.57 Å². The number of rotatable bonds is 6. The molecule has 0 aliphatic rings. The van der Waals surface area contributed by atoms with Crippen molar-refractivity contribution in [1.29, 1.82) is 0 Å². The fourth-order valence-electron chi connectivity index (χ4n) is 8.16. The molecule has 0 aliphatic carbocycles. The molecule has 3 nitrogen and oxygen atoms in total. The highest BCUT2D eigenvalue weighted by Crippen LogP contribution is 2.42. The van der Waals surface area contributed by atoms with Gasteiger partial charge in [-0.2, -0.15) is 0 Å². The van der Waals surface area contributed by atoms with Crippen LogP contribution in [0, 0.1) is 0 Å². The molecule has 0 fully saturated rings. The van der Waals surface area contributed by atoms with E-state index in [2.05, 4.69) is 185 Å². The molecular formula is C50H37N2OP. The highest BCUT2D eigenvalue weighted by molar-refractivity contribution is 7.70. The molecule has 8 aromatic carbocycles. The molecule has 0 saturated heterocycles. The molecule has 0 aliphatic heterocycles. The molecule has 4 heteroatoms. The highest BCUT2D eigenvalue weighted by atomic mass is 31.2. The van der Waals surface area contributed by atoms with Crippen molar-refractivity contribution in [2.75, 3.05) is 13.3 Å². The minimum Gasteiger partial charge on any atom is -0.319 e. The zero-order valence-electron chi connectivity index (χ0n) is 30.1. The number of para-hydroxylation sites is 2. The topological polar surface area (TPSA) is 26.9 Å². The van der Waals surface area contributed by atoms with E-state index in [1.54, 1.807) is 0 Å². The summed E-state index contributed by atoms with van der Waals surface area (Å²) < 4.78 is 17.6. The van der Waals surface area contributed by atoms with Gasteiger partial charge in [-0.3, -0.25) is 0 Å². The third kappa shape index (κ3) is 5.32. The van der Waals surface area contributed by atoms with Crippen LogP contribution in [0.2, 0.25) is 0 Å². The van der Waals surface area contributed by atoms with E-state index < -0.39 is 7.14 Å².